The fourth-order valence-electron chi connectivity index (χ4n) is 4.47. The van der Waals surface area contributed by atoms with Crippen LogP contribution in [0.25, 0.3) is 0 Å². The van der Waals surface area contributed by atoms with E-state index in [0.717, 1.165) is 24.2 Å². The molecule has 2 bridgehead atoms. The van der Waals surface area contributed by atoms with E-state index < -0.39 is 5.97 Å². The fourth-order valence-corrected chi connectivity index (χ4v) is 4.67. The third kappa shape index (κ3) is 1.69. The number of imide groups is 1. The maximum atomic E-state index is 12.7. The molecule has 4 atom stereocenters. The maximum Gasteiger partial charge on any atom is 0.237 e. The number of carbonyl (C=O) groups is 3. The topological polar surface area (TPSA) is 77.5 Å². The van der Waals surface area contributed by atoms with Crippen molar-refractivity contribution < 1.29 is 19.5 Å². The van der Waals surface area contributed by atoms with Crippen LogP contribution in [0.3, 0.4) is 0 Å². The van der Waals surface area contributed by atoms with Gasteiger partial charge in [0.25, 0.3) is 0 Å². The molecule has 1 heterocycles. The van der Waals surface area contributed by atoms with E-state index in [1.807, 2.05) is 0 Å². The molecule has 0 radical (unpaired) electrons. The van der Waals surface area contributed by atoms with Gasteiger partial charge in [0, 0.05) is 10.6 Å². The van der Waals surface area contributed by atoms with Gasteiger partial charge in [-0.25, -0.2) is 0 Å². The van der Waals surface area contributed by atoms with E-state index in [9.17, 15) is 19.5 Å². The Morgan fingerprint density at radius 1 is 1.14 bits per heavy atom. The highest BCUT2D eigenvalue weighted by atomic mass is 35.5. The summed E-state index contributed by atoms with van der Waals surface area (Å²) in [4.78, 5) is 37.5. The molecular weight excluding hydrogens is 306 g/mol. The van der Waals surface area contributed by atoms with Crippen molar-refractivity contribution in [2.75, 3.05) is 4.90 Å². The highest BCUT2D eigenvalue weighted by Crippen LogP contribution is 2.56. The average molecular weight is 319 g/mol. The summed E-state index contributed by atoms with van der Waals surface area (Å²) in [5.74, 6) is -1.69. The first-order valence-electron chi connectivity index (χ1n) is 7.37. The molecule has 22 heavy (non-hydrogen) atoms. The van der Waals surface area contributed by atoms with E-state index in [-0.39, 0.29) is 39.9 Å². The Labute approximate surface area is 131 Å². The summed E-state index contributed by atoms with van der Waals surface area (Å²) in [5, 5.41) is 11.1. The Morgan fingerprint density at radius 2 is 1.73 bits per heavy atom. The summed E-state index contributed by atoms with van der Waals surface area (Å²) in [6.07, 6.45) is 2.97. The number of halogens is 1. The van der Waals surface area contributed by atoms with Gasteiger partial charge >= 0.3 is 0 Å². The minimum absolute atomic E-state index is 0.0307. The van der Waals surface area contributed by atoms with E-state index in [1.54, 1.807) is 0 Å². The first-order chi connectivity index (χ1) is 10.5. The smallest absolute Gasteiger partial charge is 0.237 e. The molecule has 2 saturated carbocycles. The second kappa shape index (κ2) is 4.56. The van der Waals surface area contributed by atoms with Gasteiger partial charge in [-0.1, -0.05) is 11.6 Å². The van der Waals surface area contributed by atoms with Crippen LogP contribution in [0.15, 0.2) is 18.2 Å². The summed E-state index contributed by atoms with van der Waals surface area (Å²) in [6.45, 7) is 0. The number of aromatic carboxylic acids is 1. The van der Waals surface area contributed by atoms with Gasteiger partial charge in [0.2, 0.25) is 11.8 Å². The van der Waals surface area contributed by atoms with Crippen molar-refractivity contribution >= 4 is 35.1 Å². The van der Waals surface area contributed by atoms with Gasteiger partial charge < -0.3 is 9.90 Å². The molecule has 2 aliphatic carbocycles. The zero-order chi connectivity index (χ0) is 15.6. The van der Waals surface area contributed by atoms with Crippen molar-refractivity contribution in [3.63, 3.8) is 0 Å². The number of rotatable bonds is 2. The number of hydrogen-bond acceptors (Lipinski definition) is 4. The first kappa shape index (κ1) is 13.8. The van der Waals surface area contributed by atoms with Crippen LogP contribution in [-0.4, -0.2) is 17.8 Å². The van der Waals surface area contributed by atoms with Crippen LogP contribution in [0.2, 0.25) is 5.02 Å². The lowest BCUT2D eigenvalue weighted by molar-refractivity contribution is -0.255. The van der Waals surface area contributed by atoms with Crippen LogP contribution in [0.5, 0.6) is 0 Å². The minimum Gasteiger partial charge on any atom is -0.545 e. The molecule has 114 valence electrons. The number of anilines is 1. The van der Waals surface area contributed by atoms with E-state index in [1.165, 1.54) is 18.2 Å². The van der Waals surface area contributed by atoms with Crippen molar-refractivity contribution in [3.05, 3.63) is 28.8 Å². The Kier molecular flexibility index (Phi) is 2.85. The van der Waals surface area contributed by atoms with E-state index >= 15 is 0 Å². The summed E-state index contributed by atoms with van der Waals surface area (Å²) in [7, 11) is 0. The third-order valence-corrected chi connectivity index (χ3v) is 5.69. The molecule has 0 N–H and O–H groups in total. The lowest BCUT2D eigenvalue weighted by atomic mass is 9.81. The monoisotopic (exact) mass is 318 g/mol. The van der Waals surface area contributed by atoms with Gasteiger partial charge in [-0.15, -0.1) is 0 Å². The van der Waals surface area contributed by atoms with Gasteiger partial charge in [-0.3, -0.25) is 14.5 Å². The van der Waals surface area contributed by atoms with Gasteiger partial charge in [0.15, 0.2) is 0 Å². The molecule has 0 aromatic heterocycles. The Morgan fingerprint density at radius 3 is 2.27 bits per heavy atom. The summed E-state index contributed by atoms with van der Waals surface area (Å²) in [5.41, 5.74) is 0.0622. The molecular formula is C16H13ClNO4-. The van der Waals surface area contributed by atoms with Crippen molar-refractivity contribution in [2.24, 2.45) is 23.7 Å². The highest BCUT2D eigenvalue weighted by Gasteiger charge is 2.61. The lowest BCUT2D eigenvalue weighted by Crippen LogP contribution is -2.33. The Hall–Kier alpha value is -1.88. The van der Waals surface area contributed by atoms with E-state index in [2.05, 4.69) is 0 Å². The SMILES string of the molecule is O=C([O-])c1cc(N2C(=O)C3C4CCC(C4)C3C2=O)ccc1Cl. The number of benzene rings is 1. The van der Waals surface area contributed by atoms with Crippen molar-refractivity contribution in [3.8, 4) is 0 Å². The largest absolute Gasteiger partial charge is 0.545 e. The highest BCUT2D eigenvalue weighted by molar-refractivity contribution is 6.33. The minimum atomic E-state index is -1.42. The Bertz CT molecular complexity index is 688. The van der Waals surface area contributed by atoms with E-state index in [4.69, 9.17) is 11.6 Å². The number of fused-ring (bicyclic) bond motifs is 5. The first-order valence-corrected chi connectivity index (χ1v) is 7.75. The van der Waals surface area contributed by atoms with Gasteiger partial charge in [0.05, 0.1) is 23.5 Å². The maximum absolute atomic E-state index is 12.7. The molecule has 0 spiro atoms. The number of carbonyl (C=O) groups excluding carboxylic acids is 3. The molecule has 5 nitrogen and oxygen atoms in total. The van der Waals surface area contributed by atoms with E-state index in [0.29, 0.717) is 11.8 Å². The average Bonchev–Trinajstić information content (AvgIpc) is 3.14. The van der Waals surface area contributed by atoms with Gasteiger partial charge in [-0.05, 0) is 49.3 Å². The quantitative estimate of drug-likeness (QED) is 0.769. The van der Waals surface area contributed by atoms with Gasteiger partial charge in [0.1, 0.15) is 0 Å². The number of carboxylic acid groups (broad SMARTS) is 1. The van der Waals surface area contributed by atoms with Crippen LogP contribution in [0.4, 0.5) is 5.69 Å². The molecule has 2 amide bonds. The second-order valence-corrected chi connectivity index (χ2v) is 6.76. The number of amides is 2. The zero-order valence-electron chi connectivity index (χ0n) is 11.6. The van der Waals surface area contributed by atoms with Crippen molar-refractivity contribution in [1.82, 2.24) is 0 Å². The predicted molar refractivity (Wildman–Crippen MR) is 76.1 cm³/mol. The van der Waals surface area contributed by atoms with Gasteiger partial charge in [-0.2, -0.15) is 0 Å². The van der Waals surface area contributed by atoms with Crippen LogP contribution >= 0.6 is 11.6 Å². The standard InChI is InChI=1S/C16H14ClNO4/c17-11-4-3-9(6-10(11)16(21)22)18-14(19)12-7-1-2-8(5-7)13(12)15(18)20/h3-4,6-8,12-13H,1-2,5H2,(H,21,22)/p-1. The fraction of sp³-hybridized carbons (Fsp3) is 0.438. The molecule has 1 aliphatic heterocycles. The molecule has 3 fully saturated rings. The molecule has 1 aromatic carbocycles. The van der Waals surface area contributed by atoms with Crippen LogP contribution in [0.1, 0.15) is 29.6 Å². The van der Waals surface area contributed by atoms with Crippen molar-refractivity contribution in [2.45, 2.75) is 19.3 Å². The molecule has 3 aliphatic rings. The molecule has 6 heteroatoms. The normalized spacial score (nSPS) is 32.7. The molecule has 1 aromatic rings. The number of carboxylic acids is 1. The Balaban J connectivity index is 1.75. The molecule has 4 unspecified atom stereocenters. The number of hydrogen-bond donors (Lipinski definition) is 0. The number of nitrogens with zero attached hydrogens (tertiary/aromatic N) is 1. The van der Waals surface area contributed by atoms with Crippen LogP contribution in [-0.2, 0) is 9.59 Å². The van der Waals surface area contributed by atoms with Crippen LogP contribution < -0.4 is 10.0 Å². The summed E-state index contributed by atoms with van der Waals surface area (Å²) >= 11 is 5.81. The lowest BCUT2D eigenvalue weighted by Gasteiger charge is -2.19. The predicted octanol–water partition coefficient (Wildman–Crippen LogP) is 1.24. The zero-order valence-corrected chi connectivity index (χ0v) is 12.4. The van der Waals surface area contributed by atoms with Crippen molar-refractivity contribution in [1.29, 1.82) is 0 Å². The van der Waals surface area contributed by atoms with Crippen LogP contribution in [0, 0.1) is 23.7 Å². The molecule has 4 rings (SSSR count). The molecule has 1 saturated heterocycles. The third-order valence-electron chi connectivity index (χ3n) is 5.36. The summed E-state index contributed by atoms with van der Waals surface area (Å²) in [6, 6.07) is 4.13. The summed E-state index contributed by atoms with van der Waals surface area (Å²) < 4.78 is 0. The second-order valence-electron chi connectivity index (χ2n) is 6.35.